The molecule has 3 nitrogen and oxygen atoms in total. The van der Waals surface area contributed by atoms with Gasteiger partial charge < -0.3 is 5.32 Å². The fraction of sp³-hybridized carbons (Fsp3) is 0.125. The highest BCUT2D eigenvalue weighted by molar-refractivity contribution is 5.94. The summed E-state index contributed by atoms with van der Waals surface area (Å²) in [6.45, 7) is 1.78. The number of nitrogens with one attached hydrogen (secondary N) is 1. The van der Waals surface area contributed by atoms with Crippen LogP contribution in [0.4, 0.5) is 4.39 Å². The highest BCUT2D eigenvalue weighted by atomic mass is 19.1. The molecule has 0 aliphatic heterocycles. The van der Waals surface area contributed by atoms with Crippen molar-refractivity contribution in [1.29, 1.82) is 5.26 Å². The molecule has 20 heavy (non-hydrogen) atoms. The molecule has 0 fully saturated rings. The Morgan fingerprint density at radius 2 is 2.00 bits per heavy atom. The summed E-state index contributed by atoms with van der Waals surface area (Å²) >= 11 is 0. The van der Waals surface area contributed by atoms with Crippen LogP contribution in [-0.4, -0.2) is 5.91 Å². The number of carbonyl (C=O) groups excluding carboxylic acids is 1. The molecule has 2 aromatic carbocycles. The van der Waals surface area contributed by atoms with Gasteiger partial charge in [-0.05, 0) is 42.8 Å². The van der Waals surface area contributed by atoms with E-state index in [4.69, 9.17) is 5.26 Å². The van der Waals surface area contributed by atoms with Gasteiger partial charge >= 0.3 is 0 Å². The van der Waals surface area contributed by atoms with Crippen molar-refractivity contribution in [3.63, 3.8) is 0 Å². The van der Waals surface area contributed by atoms with E-state index in [0.717, 1.165) is 0 Å². The number of benzene rings is 2. The van der Waals surface area contributed by atoms with Crippen molar-refractivity contribution in [3.05, 3.63) is 71.0 Å². The Labute approximate surface area is 116 Å². The molecule has 0 aromatic heterocycles. The third kappa shape index (κ3) is 3.21. The first kappa shape index (κ1) is 13.8. The van der Waals surface area contributed by atoms with Gasteiger partial charge in [-0.2, -0.15) is 5.26 Å². The van der Waals surface area contributed by atoms with Crippen LogP contribution in [0.1, 0.15) is 34.5 Å². The van der Waals surface area contributed by atoms with Gasteiger partial charge in [0.15, 0.2) is 0 Å². The summed E-state index contributed by atoms with van der Waals surface area (Å²) in [5, 5.41) is 11.6. The third-order valence-electron chi connectivity index (χ3n) is 2.95. The van der Waals surface area contributed by atoms with Crippen molar-refractivity contribution in [2.45, 2.75) is 13.0 Å². The van der Waals surface area contributed by atoms with Gasteiger partial charge in [0, 0.05) is 5.56 Å². The van der Waals surface area contributed by atoms with Gasteiger partial charge in [0.2, 0.25) is 0 Å². The summed E-state index contributed by atoms with van der Waals surface area (Å²) < 4.78 is 13.1. The molecule has 0 spiro atoms. The van der Waals surface area contributed by atoms with Gasteiger partial charge in [-0.15, -0.1) is 0 Å². The average molecular weight is 268 g/mol. The average Bonchev–Trinajstić information content (AvgIpc) is 2.47. The van der Waals surface area contributed by atoms with Crippen molar-refractivity contribution >= 4 is 5.91 Å². The zero-order valence-corrected chi connectivity index (χ0v) is 10.9. The fourth-order valence-electron chi connectivity index (χ4n) is 1.87. The maximum absolute atomic E-state index is 13.1. The second-order valence-electron chi connectivity index (χ2n) is 4.44. The smallest absolute Gasteiger partial charge is 0.251 e. The zero-order chi connectivity index (χ0) is 14.5. The lowest BCUT2D eigenvalue weighted by Crippen LogP contribution is -2.26. The lowest BCUT2D eigenvalue weighted by atomic mass is 10.1. The standard InChI is InChI=1S/C16H13FN2O/c1-11(13-5-3-7-15(17)9-13)19-16(20)14-6-2-4-12(8-14)10-18/h2-9,11H,1H3,(H,19,20). The third-order valence-corrected chi connectivity index (χ3v) is 2.95. The van der Waals surface area contributed by atoms with Crippen molar-refractivity contribution in [3.8, 4) is 6.07 Å². The Kier molecular flexibility index (Phi) is 4.11. The van der Waals surface area contributed by atoms with Crippen LogP contribution in [0.15, 0.2) is 48.5 Å². The van der Waals surface area contributed by atoms with Crippen LogP contribution >= 0.6 is 0 Å². The maximum Gasteiger partial charge on any atom is 0.251 e. The molecule has 1 unspecified atom stereocenters. The van der Waals surface area contributed by atoms with E-state index in [0.29, 0.717) is 16.7 Å². The number of halogens is 1. The molecule has 100 valence electrons. The molecule has 2 rings (SSSR count). The number of nitriles is 1. The van der Waals surface area contributed by atoms with Crippen LogP contribution in [0.2, 0.25) is 0 Å². The summed E-state index contributed by atoms with van der Waals surface area (Å²) in [7, 11) is 0. The molecule has 1 amide bonds. The van der Waals surface area contributed by atoms with Gasteiger partial charge in [-0.3, -0.25) is 4.79 Å². The molecule has 0 saturated carbocycles. The SMILES string of the molecule is CC(NC(=O)c1cccc(C#N)c1)c1cccc(F)c1. The Hall–Kier alpha value is -2.67. The largest absolute Gasteiger partial charge is 0.346 e. The summed E-state index contributed by atoms with van der Waals surface area (Å²) in [5.41, 5.74) is 1.53. The number of hydrogen-bond donors (Lipinski definition) is 1. The van der Waals surface area contributed by atoms with Gasteiger partial charge in [-0.25, -0.2) is 4.39 Å². The molecule has 0 saturated heterocycles. The quantitative estimate of drug-likeness (QED) is 0.929. The van der Waals surface area contributed by atoms with Crippen molar-refractivity contribution in [1.82, 2.24) is 5.32 Å². The van der Waals surface area contributed by atoms with E-state index >= 15 is 0 Å². The van der Waals surface area contributed by atoms with Crippen LogP contribution in [0.3, 0.4) is 0 Å². The number of rotatable bonds is 3. The Morgan fingerprint density at radius 3 is 2.70 bits per heavy atom. The Bertz CT molecular complexity index is 676. The molecule has 1 atom stereocenters. The number of amides is 1. The van der Waals surface area contributed by atoms with E-state index in [1.165, 1.54) is 18.2 Å². The molecule has 0 aliphatic rings. The van der Waals surface area contributed by atoms with Crippen LogP contribution in [0, 0.1) is 17.1 Å². The minimum absolute atomic E-state index is 0.293. The van der Waals surface area contributed by atoms with Gasteiger partial charge in [0.25, 0.3) is 5.91 Å². The van der Waals surface area contributed by atoms with Gasteiger partial charge in [0.1, 0.15) is 5.82 Å². The van der Waals surface area contributed by atoms with Gasteiger partial charge in [-0.1, -0.05) is 18.2 Å². The van der Waals surface area contributed by atoms with E-state index in [-0.39, 0.29) is 17.8 Å². The predicted octanol–water partition coefficient (Wildman–Crippen LogP) is 3.19. The second-order valence-corrected chi connectivity index (χ2v) is 4.44. The molecule has 0 radical (unpaired) electrons. The minimum Gasteiger partial charge on any atom is -0.346 e. The lowest BCUT2D eigenvalue weighted by molar-refractivity contribution is 0.0940. The van der Waals surface area contributed by atoms with Crippen LogP contribution in [0.5, 0.6) is 0 Å². The molecule has 0 aliphatic carbocycles. The van der Waals surface area contributed by atoms with Crippen molar-refractivity contribution in [2.24, 2.45) is 0 Å². The first-order chi connectivity index (χ1) is 9.60. The Balaban J connectivity index is 2.13. The molecule has 0 heterocycles. The molecule has 0 bridgehead atoms. The van der Waals surface area contributed by atoms with E-state index in [9.17, 15) is 9.18 Å². The predicted molar refractivity (Wildman–Crippen MR) is 73.4 cm³/mol. The second kappa shape index (κ2) is 5.98. The minimum atomic E-state index is -0.338. The van der Waals surface area contributed by atoms with Crippen LogP contribution in [-0.2, 0) is 0 Å². The summed E-state index contributed by atoms with van der Waals surface area (Å²) in [6, 6.07) is 14.2. The Morgan fingerprint density at radius 1 is 1.25 bits per heavy atom. The highest BCUT2D eigenvalue weighted by Gasteiger charge is 2.12. The molecule has 1 N–H and O–H groups in total. The normalized spacial score (nSPS) is 11.4. The van der Waals surface area contributed by atoms with Crippen molar-refractivity contribution in [2.75, 3.05) is 0 Å². The summed E-state index contributed by atoms with van der Waals surface area (Å²) in [5.74, 6) is -0.631. The first-order valence-electron chi connectivity index (χ1n) is 6.16. The van der Waals surface area contributed by atoms with Crippen LogP contribution in [0.25, 0.3) is 0 Å². The number of hydrogen-bond acceptors (Lipinski definition) is 2. The van der Waals surface area contributed by atoms with E-state index < -0.39 is 0 Å². The first-order valence-corrected chi connectivity index (χ1v) is 6.16. The van der Waals surface area contributed by atoms with E-state index in [1.807, 2.05) is 6.07 Å². The lowest BCUT2D eigenvalue weighted by Gasteiger charge is -2.14. The summed E-state index contributed by atoms with van der Waals surface area (Å²) in [4.78, 5) is 12.1. The maximum atomic E-state index is 13.1. The highest BCUT2D eigenvalue weighted by Crippen LogP contribution is 2.14. The zero-order valence-electron chi connectivity index (χ0n) is 10.9. The number of carbonyl (C=O) groups is 1. The molecular formula is C16H13FN2O. The monoisotopic (exact) mass is 268 g/mol. The fourth-order valence-corrected chi connectivity index (χ4v) is 1.87. The summed E-state index contributed by atoms with van der Waals surface area (Å²) in [6.07, 6.45) is 0. The number of nitrogens with zero attached hydrogens (tertiary/aromatic N) is 1. The van der Waals surface area contributed by atoms with E-state index in [1.54, 1.807) is 37.3 Å². The van der Waals surface area contributed by atoms with Crippen molar-refractivity contribution < 1.29 is 9.18 Å². The van der Waals surface area contributed by atoms with E-state index in [2.05, 4.69) is 5.32 Å². The molecule has 2 aromatic rings. The molecular weight excluding hydrogens is 255 g/mol. The molecule has 4 heteroatoms. The van der Waals surface area contributed by atoms with Crippen LogP contribution < -0.4 is 5.32 Å². The van der Waals surface area contributed by atoms with Gasteiger partial charge in [0.05, 0.1) is 17.7 Å². The topological polar surface area (TPSA) is 52.9 Å².